The van der Waals surface area contributed by atoms with Crippen molar-refractivity contribution in [3.8, 4) is 0 Å². The number of carboxylic acids is 2. The zero-order valence-corrected chi connectivity index (χ0v) is 12.7. The normalized spacial score (nSPS) is 18.9. The van der Waals surface area contributed by atoms with Gasteiger partial charge in [0.25, 0.3) is 0 Å². The van der Waals surface area contributed by atoms with E-state index in [1.54, 1.807) is 20.8 Å². The van der Waals surface area contributed by atoms with Gasteiger partial charge in [-0.3, -0.25) is 9.59 Å². The first-order valence-electron chi connectivity index (χ1n) is 7.03. The van der Waals surface area contributed by atoms with E-state index in [0.29, 0.717) is 13.0 Å². The van der Waals surface area contributed by atoms with Crippen LogP contribution in [0.2, 0.25) is 0 Å². The number of amides is 1. The molecule has 1 fully saturated rings. The summed E-state index contributed by atoms with van der Waals surface area (Å²) in [5.74, 6) is -2.72. The molecule has 1 aliphatic heterocycles. The molecular weight excluding hydrogens is 278 g/mol. The summed E-state index contributed by atoms with van der Waals surface area (Å²) in [5, 5.41) is 17.9. The first-order valence-corrected chi connectivity index (χ1v) is 7.03. The number of nitrogens with zero attached hydrogens (tertiary/aromatic N) is 1. The van der Waals surface area contributed by atoms with Gasteiger partial charge in [-0.2, -0.15) is 0 Å². The van der Waals surface area contributed by atoms with Crippen LogP contribution in [-0.2, 0) is 14.3 Å². The number of hydrogen-bond acceptors (Lipinski definition) is 4. The molecule has 1 unspecified atom stereocenters. The van der Waals surface area contributed by atoms with Gasteiger partial charge >= 0.3 is 18.0 Å². The second kappa shape index (κ2) is 6.78. The van der Waals surface area contributed by atoms with Gasteiger partial charge in [0.15, 0.2) is 0 Å². The van der Waals surface area contributed by atoms with Gasteiger partial charge in [0.1, 0.15) is 5.60 Å². The molecule has 0 aromatic carbocycles. The monoisotopic (exact) mass is 301 g/mol. The Kier molecular flexibility index (Phi) is 5.57. The van der Waals surface area contributed by atoms with Crippen LogP contribution in [0.25, 0.3) is 0 Å². The maximum atomic E-state index is 12.2. The fourth-order valence-electron chi connectivity index (χ4n) is 2.62. The van der Waals surface area contributed by atoms with Crippen LogP contribution in [0.3, 0.4) is 0 Å². The molecule has 7 nitrogen and oxygen atoms in total. The summed E-state index contributed by atoms with van der Waals surface area (Å²) in [7, 11) is 0. The number of carboxylic acid groups (broad SMARTS) is 2. The Hall–Kier alpha value is -1.79. The van der Waals surface area contributed by atoms with Crippen LogP contribution < -0.4 is 0 Å². The van der Waals surface area contributed by atoms with Gasteiger partial charge in [0.2, 0.25) is 0 Å². The Balaban J connectivity index is 2.82. The predicted octanol–water partition coefficient (Wildman–Crippen LogP) is 1.95. The van der Waals surface area contributed by atoms with Gasteiger partial charge in [-0.05, 0) is 33.6 Å². The lowest BCUT2D eigenvalue weighted by Crippen LogP contribution is -2.44. The van der Waals surface area contributed by atoms with Crippen LogP contribution in [0.1, 0.15) is 46.5 Å². The number of hydrogen-bond donors (Lipinski definition) is 2. The van der Waals surface area contributed by atoms with E-state index in [1.165, 1.54) is 4.90 Å². The number of carbonyl (C=O) groups excluding carboxylic acids is 1. The van der Waals surface area contributed by atoms with E-state index in [9.17, 15) is 14.4 Å². The minimum atomic E-state index is -1.06. The Labute approximate surface area is 123 Å². The number of likely N-dealkylation sites (tertiary alicyclic amines) is 1. The van der Waals surface area contributed by atoms with E-state index in [4.69, 9.17) is 14.9 Å². The van der Waals surface area contributed by atoms with Crippen LogP contribution in [0.4, 0.5) is 4.79 Å². The third kappa shape index (κ3) is 5.61. The molecule has 1 amide bonds. The molecule has 120 valence electrons. The quantitative estimate of drug-likeness (QED) is 0.804. The number of rotatable bonds is 5. The third-order valence-electron chi connectivity index (χ3n) is 3.35. The van der Waals surface area contributed by atoms with Crippen LogP contribution in [0.15, 0.2) is 0 Å². The highest BCUT2D eigenvalue weighted by Gasteiger charge is 2.38. The molecule has 0 aliphatic carbocycles. The van der Waals surface area contributed by atoms with Crippen molar-refractivity contribution < 1.29 is 29.3 Å². The van der Waals surface area contributed by atoms with Gasteiger partial charge in [0.05, 0.1) is 12.8 Å². The summed E-state index contributed by atoms with van der Waals surface area (Å²) in [6, 6.07) is -0.396. The van der Waals surface area contributed by atoms with Crippen molar-refractivity contribution >= 4 is 18.0 Å². The lowest BCUT2D eigenvalue weighted by atomic mass is 9.91. The third-order valence-corrected chi connectivity index (χ3v) is 3.35. The summed E-state index contributed by atoms with van der Waals surface area (Å²) in [4.78, 5) is 35.5. The molecule has 1 aliphatic rings. The van der Waals surface area contributed by atoms with Gasteiger partial charge in [-0.25, -0.2) is 4.79 Å². The fraction of sp³-hybridized carbons (Fsp3) is 0.786. The average Bonchev–Trinajstić information content (AvgIpc) is 2.72. The fourth-order valence-corrected chi connectivity index (χ4v) is 2.62. The predicted molar refractivity (Wildman–Crippen MR) is 74.0 cm³/mol. The minimum Gasteiger partial charge on any atom is -0.481 e. The lowest BCUT2D eigenvalue weighted by molar-refractivity contribution is -0.141. The molecule has 0 bridgehead atoms. The molecule has 1 saturated heterocycles. The maximum absolute atomic E-state index is 12.2. The molecule has 1 heterocycles. The Morgan fingerprint density at radius 2 is 1.71 bits per heavy atom. The topological polar surface area (TPSA) is 104 Å². The zero-order chi connectivity index (χ0) is 16.2. The molecule has 21 heavy (non-hydrogen) atoms. The highest BCUT2D eigenvalue weighted by Crippen LogP contribution is 2.30. The average molecular weight is 301 g/mol. The Morgan fingerprint density at radius 1 is 1.19 bits per heavy atom. The molecule has 7 heteroatoms. The molecule has 1 rings (SSSR count). The first-order chi connectivity index (χ1) is 9.60. The van der Waals surface area contributed by atoms with E-state index >= 15 is 0 Å². The smallest absolute Gasteiger partial charge is 0.410 e. The van der Waals surface area contributed by atoms with Gasteiger partial charge in [-0.1, -0.05) is 0 Å². The van der Waals surface area contributed by atoms with Gasteiger partial charge in [0, 0.05) is 18.5 Å². The van der Waals surface area contributed by atoms with E-state index in [-0.39, 0.29) is 12.8 Å². The van der Waals surface area contributed by atoms with Crippen LogP contribution >= 0.6 is 0 Å². The molecule has 1 atom stereocenters. The summed E-state index contributed by atoms with van der Waals surface area (Å²) in [6.07, 6.45) is 0.280. The van der Waals surface area contributed by atoms with Crippen molar-refractivity contribution in [2.75, 3.05) is 6.54 Å². The van der Waals surface area contributed by atoms with Crippen molar-refractivity contribution in [3.05, 3.63) is 0 Å². The summed E-state index contributed by atoms with van der Waals surface area (Å²) < 4.78 is 5.30. The molecule has 0 spiro atoms. The van der Waals surface area contributed by atoms with Crippen molar-refractivity contribution in [2.45, 2.75) is 58.1 Å². The van der Waals surface area contributed by atoms with Crippen molar-refractivity contribution in [1.82, 2.24) is 4.90 Å². The van der Waals surface area contributed by atoms with Crippen LogP contribution in [0, 0.1) is 5.92 Å². The highest BCUT2D eigenvalue weighted by molar-refractivity contribution is 5.72. The molecule has 0 aromatic heterocycles. The number of ether oxygens (including phenoxy) is 1. The molecular formula is C14H23NO6. The molecule has 0 aromatic rings. The Morgan fingerprint density at radius 3 is 2.14 bits per heavy atom. The van der Waals surface area contributed by atoms with E-state index in [2.05, 4.69) is 0 Å². The standard InChI is InChI=1S/C14H23NO6/c1-14(2,3)21-13(20)15-6-4-5-10(15)9(7-11(16)17)8-12(18)19/h9-10H,4-8H2,1-3H3,(H,16,17)(H,18,19). The second-order valence-electron chi connectivity index (χ2n) is 6.34. The summed E-state index contributed by atoms with van der Waals surface area (Å²) >= 11 is 0. The summed E-state index contributed by atoms with van der Waals surface area (Å²) in [6.45, 7) is 5.72. The molecule has 2 N–H and O–H groups in total. The van der Waals surface area contributed by atoms with Crippen molar-refractivity contribution in [3.63, 3.8) is 0 Å². The van der Waals surface area contributed by atoms with Crippen molar-refractivity contribution in [2.24, 2.45) is 5.92 Å². The van der Waals surface area contributed by atoms with Gasteiger partial charge < -0.3 is 19.8 Å². The van der Waals surface area contributed by atoms with Gasteiger partial charge in [-0.15, -0.1) is 0 Å². The first kappa shape index (κ1) is 17.3. The number of aliphatic carboxylic acids is 2. The SMILES string of the molecule is CC(C)(C)OC(=O)N1CCCC1C(CC(=O)O)CC(=O)O. The zero-order valence-electron chi connectivity index (χ0n) is 12.7. The van der Waals surface area contributed by atoms with Crippen LogP contribution in [-0.4, -0.2) is 51.3 Å². The highest BCUT2D eigenvalue weighted by atomic mass is 16.6. The lowest BCUT2D eigenvalue weighted by Gasteiger charge is -2.32. The van der Waals surface area contributed by atoms with Crippen molar-refractivity contribution in [1.29, 1.82) is 0 Å². The molecule has 0 saturated carbocycles. The van der Waals surface area contributed by atoms with E-state index < -0.39 is 35.6 Å². The van der Waals surface area contributed by atoms with Crippen LogP contribution in [0.5, 0.6) is 0 Å². The Bertz CT molecular complexity index is 398. The maximum Gasteiger partial charge on any atom is 0.410 e. The largest absolute Gasteiger partial charge is 0.481 e. The summed E-state index contributed by atoms with van der Waals surface area (Å²) in [5.41, 5.74) is -0.640. The minimum absolute atomic E-state index is 0.268. The second-order valence-corrected chi connectivity index (χ2v) is 6.34. The molecule has 0 radical (unpaired) electrons. The van der Waals surface area contributed by atoms with E-state index in [1.807, 2.05) is 0 Å². The van der Waals surface area contributed by atoms with E-state index in [0.717, 1.165) is 6.42 Å². The number of carbonyl (C=O) groups is 3.